The number of imidazole rings is 1. The van der Waals surface area contributed by atoms with Crippen LogP contribution in [-0.4, -0.2) is 16.0 Å². The highest BCUT2D eigenvalue weighted by atomic mass is 19.4. The molecule has 6 heteroatoms. The van der Waals surface area contributed by atoms with Gasteiger partial charge in [-0.3, -0.25) is 0 Å². The van der Waals surface area contributed by atoms with E-state index in [1.165, 1.54) is 6.07 Å². The molecule has 0 radical (unpaired) electrons. The third kappa shape index (κ3) is 2.81. The smallest absolute Gasteiger partial charge is 0.342 e. The Hall–Kier alpha value is -1.56. The van der Waals surface area contributed by atoms with Gasteiger partial charge in [-0.1, -0.05) is 0 Å². The van der Waals surface area contributed by atoms with Gasteiger partial charge in [0, 0.05) is 12.5 Å². The van der Waals surface area contributed by atoms with E-state index in [4.69, 9.17) is 5.73 Å². The largest absolute Gasteiger partial charge is 0.416 e. The van der Waals surface area contributed by atoms with Gasteiger partial charge in [0.25, 0.3) is 0 Å². The van der Waals surface area contributed by atoms with Gasteiger partial charge in [0.05, 0.1) is 16.6 Å². The van der Waals surface area contributed by atoms with E-state index in [-0.39, 0.29) is 6.04 Å². The van der Waals surface area contributed by atoms with E-state index in [0.717, 1.165) is 18.6 Å². The lowest BCUT2D eigenvalue weighted by Gasteiger charge is -2.05. The predicted octanol–water partition coefficient (Wildman–Crippen LogP) is 2.86. The summed E-state index contributed by atoms with van der Waals surface area (Å²) in [6.07, 6.45) is -2.95. The van der Waals surface area contributed by atoms with Crippen LogP contribution in [0.5, 0.6) is 0 Å². The number of halogens is 3. The van der Waals surface area contributed by atoms with Gasteiger partial charge in [-0.2, -0.15) is 13.2 Å². The van der Waals surface area contributed by atoms with Crippen molar-refractivity contribution in [3.8, 4) is 0 Å². The highest BCUT2D eigenvalue weighted by molar-refractivity contribution is 5.76. The highest BCUT2D eigenvalue weighted by Gasteiger charge is 2.30. The molecular weight excluding hydrogens is 243 g/mol. The molecule has 1 aromatic carbocycles. The first-order valence-electron chi connectivity index (χ1n) is 5.67. The van der Waals surface area contributed by atoms with Crippen molar-refractivity contribution in [3.63, 3.8) is 0 Å². The zero-order valence-electron chi connectivity index (χ0n) is 9.88. The molecule has 2 aromatic rings. The molecule has 18 heavy (non-hydrogen) atoms. The van der Waals surface area contributed by atoms with Crippen molar-refractivity contribution >= 4 is 11.0 Å². The number of aromatic amines is 1. The van der Waals surface area contributed by atoms with E-state index >= 15 is 0 Å². The molecule has 0 saturated heterocycles. The van der Waals surface area contributed by atoms with Crippen LogP contribution in [0.4, 0.5) is 13.2 Å². The normalized spacial score (nSPS) is 14.1. The fourth-order valence-electron chi connectivity index (χ4n) is 1.72. The number of nitrogens with two attached hydrogens (primary N) is 1. The van der Waals surface area contributed by atoms with Crippen molar-refractivity contribution in [1.82, 2.24) is 9.97 Å². The van der Waals surface area contributed by atoms with Gasteiger partial charge >= 0.3 is 6.18 Å². The average molecular weight is 257 g/mol. The number of hydrogen-bond donors (Lipinski definition) is 2. The molecule has 2 rings (SSSR count). The van der Waals surface area contributed by atoms with E-state index in [1.54, 1.807) is 0 Å². The Morgan fingerprint density at radius 1 is 1.39 bits per heavy atom. The van der Waals surface area contributed by atoms with Crippen LogP contribution in [0, 0.1) is 0 Å². The van der Waals surface area contributed by atoms with Crippen molar-refractivity contribution < 1.29 is 13.2 Å². The molecule has 1 atom stereocenters. The van der Waals surface area contributed by atoms with Crippen molar-refractivity contribution in [2.45, 2.75) is 32.0 Å². The Morgan fingerprint density at radius 2 is 2.11 bits per heavy atom. The number of nitrogens with zero attached hydrogens (tertiary/aromatic N) is 1. The van der Waals surface area contributed by atoms with E-state index in [2.05, 4.69) is 9.97 Å². The lowest BCUT2D eigenvalue weighted by Crippen LogP contribution is -2.15. The Bertz CT molecular complexity index is 543. The van der Waals surface area contributed by atoms with Gasteiger partial charge in [-0.05, 0) is 31.5 Å². The Kier molecular flexibility index (Phi) is 3.30. The molecule has 98 valence electrons. The average Bonchev–Trinajstić information content (AvgIpc) is 2.66. The molecule has 0 saturated carbocycles. The SMILES string of the molecule is CC(N)CCc1nc2ccc(C(F)(F)F)cc2[nH]1. The van der Waals surface area contributed by atoms with Gasteiger partial charge < -0.3 is 10.7 Å². The van der Waals surface area contributed by atoms with Crippen LogP contribution in [0.25, 0.3) is 11.0 Å². The summed E-state index contributed by atoms with van der Waals surface area (Å²) in [7, 11) is 0. The van der Waals surface area contributed by atoms with Crippen LogP contribution in [0.2, 0.25) is 0 Å². The third-order valence-electron chi connectivity index (χ3n) is 2.69. The van der Waals surface area contributed by atoms with Crippen molar-refractivity contribution in [2.24, 2.45) is 5.73 Å². The number of alkyl halides is 3. The highest BCUT2D eigenvalue weighted by Crippen LogP contribution is 2.30. The zero-order valence-corrected chi connectivity index (χ0v) is 9.88. The molecule has 0 aliphatic heterocycles. The first-order chi connectivity index (χ1) is 8.36. The molecule has 1 heterocycles. The quantitative estimate of drug-likeness (QED) is 0.888. The Balaban J connectivity index is 2.28. The van der Waals surface area contributed by atoms with Crippen LogP contribution < -0.4 is 5.73 Å². The second-order valence-electron chi connectivity index (χ2n) is 4.43. The summed E-state index contributed by atoms with van der Waals surface area (Å²) < 4.78 is 37.6. The van der Waals surface area contributed by atoms with Gasteiger partial charge in [-0.15, -0.1) is 0 Å². The van der Waals surface area contributed by atoms with Crippen LogP contribution in [-0.2, 0) is 12.6 Å². The molecular formula is C12H14F3N3. The van der Waals surface area contributed by atoms with Crippen molar-refractivity contribution in [3.05, 3.63) is 29.6 Å². The standard InChI is InChI=1S/C12H14F3N3/c1-7(16)2-5-11-17-9-4-3-8(12(13,14)15)6-10(9)18-11/h3-4,6-7H,2,5,16H2,1H3,(H,17,18). The number of fused-ring (bicyclic) bond motifs is 1. The minimum atomic E-state index is -4.33. The lowest BCUT2D eigenvalue weighted by atomic mass is 10.2. The number of aryl methyl sites for hydroxylation is 1. The summed E-state index contributed by atoms with van der Waals surface area (Å²) in [5, 5.41) is 0. The number of hydrogen-bond acceptors (Lipinski definition) is 2. The maximum absolute atomic E-state index is 12.5. The van der Waals surface area contributed by atoms with E-state index in [9.17, 15) is 13.2 Å². The first-order valence-corrected chi connectivity index (χ1v) is 5.67. The van der Waals surface area contributed by atoms with E-state index in [0.29, 0.717) is 23.3 Å². The number of nitrogens with one attached hydrogen (secondary N) is 1. The molecule has 0 bridgehead atoms. The summed E-state index contributed by atoms with van der Waals surface area (Å²) in [5.74, 6) is 0.668. The first kappa shape index (κ1) is 12.9. The van der Waals surface area contributed by atoms with Gasteiger partial charge in [0.2, 0.25) is 0 Å². The number of H-pyrrole nitrogens is 1. The maximum atomic E-state index is 12.5. The molecule has 0 spiro atoms. The lowest BCUT2D eigenvalue weighted by molar-refractivity contribution is -0.137. The summed E-state index contributed by atoms with van der Waals surface area (Å²) in [6.45, 7) is 1.88. The fraction of sp³-hybridized carbons (Fsp3) is 0.417. The predicted molar refractivity (Wildman–Crippen MR) is 63.1 cm³/mol. The molecule has 0 amide bonds. The van der Waals surface area contributed by atoms with Gasteiger partial charge in [-0.25, -0.2) is 4.98 Å². The van der Waals surface area contributed by atoms with E-state index < -0.39 is 11.7 Å². The minimum absolute atomic E-state index is 0.0453. The molecule has 3 N–H and O–H groups in total. The van der Waals surface area contributed by atoms with Gasteiger partial charge in [0.1, 0.15) is 5.82 Å². The third-order valence-corrected chi connectivity index (χ3v) is 2.69. The topological polar surface area (TPSA) is 54.7 Å². The zero-order chi connectivity index (χ0) is 13.3. The summed E-state index contributed by atoms with van der Waals surface area (Å²) in [6, 6.07) is 3.55. The molecule has 1 unspecified atom stereocenters. The molecule has 1 aromatic heterocycles. The second kappa shape index (κ2) is 4.61. The molecule has 0 aliphatic rings. The number of rotatable bonds is 3. The molecule has 3 nitrogen and oxygen atoms in total. The molecule has 0 fully saturated rings. The van der Waals surface area contributed by atoms with Crippen LogP contribution in [0.15, 0.2) is 18.2 Å². The van der Waals surface area contributed by atoms with Crippen molar-refractivity contribution in [1.29, 1.82) is 0 Å². The van der Waals surface area contributed by atoms with Crippen LogP contribution in [0.3, 0.4) is 0 Å². The van der Waals surface area contributed by atoms with Crippen LogP contribution in [0.1, 0.15) is 24.7 Å². The Labute approximate surface area is 102 Å². The van der Waals surface area contributed by atoms with Crippen LogP contribution >= 0.6 is 0 Å². The monoisotopic (exact) mass is 257 g/mol. The molecule has 0 aliphatic carbocycles. The minimum Gasteiger partial charge on any atom is -0.342 e. The van der Waals surface area contributed by atoms with Gasteiger partial charge in [0.15, 0.2) is 0 Å². The summed E-state index contributed by atoms with van der Waals surface area (Å²) >= 11 is 0. The Morgan fingerprint density at radius 3 is 2.72 bits per heavy atom. The summed E-state index contributed by atoms with van der Waals surface area (Å²) in [4.78, 5) is 7.13. The maximum Gasteiger partial charge on any atom is 0.416 e. The fourth-order valence-corrected chi connectivity index (χ4v) is 1.72. The number of aromatic nitrogens is 2. The second-order valence-corrected chi connectivity index (χ2v) is 4.43. The number of benzene rings is 1. The van der Waals surface area contributed by atoms with Crippen molar-refractivity contribution in [2.75, 3.05) is 0 Å². The van der Waals surface area contributed by atoms with E-state index in [1.807, 2.05) is 6.92 Å². The summed E-state index contributed by atoms with van der Waals surface area (Å²) in [5.41, 5.74) is 5.91.